The fourth-order valence-electron chi connectivity index (χ4n) is 3.13. The van der Waals surface area contributed by atoms with Gasteiger partial charge >= 0.3 is 0 Å². The highest BCUT2D eigenvalue weighted by Gasteiger charge is 2.46. The van der Waals surface area contributed by atoms with Gasteiger partial charge in [0.2, 0.25) is 0 Å². The minimum atomic E-state index is -0.745. The number of hydrogen-bond donors (Lipinski definition) is 1. The van der Waals surface area contributed by atoms with E-state index in [9.17, 15) is 14.7 Å². The van der Waals surface area contributed by atoms with E-state index in [1.165, 1.54) is 23.3 Å². The molecule has 1 unspecified atom stereocenters. The van der Waals surface area contributed by atoms with Gasteiger partial charge in [-0.05, 0) is 36.6 Å². The number of rotatable bonds is 7. The highest BCUT2D eigenvalue weighted by Crippen LogP contribution is 2.42. The van der Waals surface area contributed by atoms with E-state index in [0.29, 0.717) is 12.4 Å². The van der Waals surface area contributed by atoms with Crippen LogP contribution in [-0.4, -0.2) is 48.6 Å². The fourth-order valence-corrected chi connectivity index (χ4v) is 4.18. The molecule has 1 aliphatic rings. The van der Waals surface area contributed by atoms with Gasteiger partial charge in [0.25, 0.3) is 11.7 Å². The average Bonchev–Trinajstić information content (AvgIpc) is 3.29. The normalized spacial score (nSPS) is 18.7. The van der Waals surface area contributed by atoms with E-state index in [1.54, 1.807) is 18.2 Å². The number of thiophene rings is 1. The van der Waals surface area contributed by atoms with Crippen LogP contribution in [0.3, 0.4) is 0 Å². The van der Waals surface area contributed by atoms with Gasteiger partial charge in [-0.25, -0.2) is 0 Å². The summed E-state index contributed by atoms with van der Waals surface area (Å²) in [6.07, 6.45) is 0. The lowest BCUT2D eigenvalue weighted by Gasteiger charge is -2.23. The van der Waals surface area contributed by atoms with Gasteiger partial charge < -0.3 is 19.5 Å². The molecule has 6 nitrogen and oxygen atoms in total. The maximum atomic E-state index is 12.8. The molecule has 1 amide bonds. The summed E-state index contributed by atoms with van der Waals surface area (Å²) in [6, 6.07) is 7.79. The first-order valence-electron chi connectivity index (χ1n) is 8.73. The summed E-state index contributed by atoms with van der Waals surface area (Å²) < 4.78 is 10.5. The minimum Gasteiger partial charge on any atom is -0.507 e. The number of aliphatic hydroxyl groups is 1. The van der Waals surface area contributed by atoms with Crippen molar-refractivity contribution in [2.75, 3.05) is 26.9 Å². The Hall–Kier alpha value is -2.35. The number of halogens is 1. The van der Waals surface area contributed by atoms with E-state index in [4.69, 9.17) is 21.1 Å². The summed E-state index contributed by atoms with van der Waals surface area (Å²) >= 11 is 7.67. The van der Waals surface area contributed by atoms with Crippen LogP contribution in [0.15, 0.2) is 41.3 Å². The second-order valence-corrected chi connectivity index (χ2v) is 7.46. The van der Waals surface area contributed by atoms with Crippen LogP contribution < -0.4 is 4.74 Å². The van der Waals surface area contributed by atoms with E-state index in [-0.39, 0.29) is 35.1 Å². The first-order valence-corrected chi connectivity index (χ1v) is 9.98. The number of Topliss-reactive ketones (excluding diaryl/α,β-unsaturated/α-hetero) is 1. The number of likely N-dealkylation sites (tertiary alicyclic amines) is 1. The van der Waals surface area contributed by atoms with Crippen LogP contribution in [0, 0.1) is 0 Å². The smallest absolute Gasteiger partial charge is 0.295 e. The third kappa shape index (κ3) is 3.78. The van der Waals surface area contributed by atoms with Crippen LogP contribution in [0.2, 0.25) is 5.02 Å². The lowest BCUT2D eigenvalue weighted by molar-refractivity contribution is -0.140. The maximum Gasteiger partial charge on any atom is 0.295 e. The fraction of sp³-hybridized carbons (Fsp3) is 0.300. The van der Waals surface area contributed by atoms with Crippen molar-refractivity contribution >= 4 is 40.4 Å². The van der Waals surface area contributed by atoms with E-state index in [1.807, 2.05) is 24.4 Å². The SMILES string of the molecule is CCOc1ccc(Cl)c(/C(O)=C2/C(=O)C(=O)N(CCOC)C2c2cccs2)c1. The quantitative estimate of drug-likeness (QED) is 0.417. The number of carbonyl (C=O) groups excluding carboxylic acids is 2. The molecule has 3 rings (SSSR count). The van der Waals surface area contributed by atoms with E-state index >= 15 is 0 Å². The van der Waals surface area contributed by atoms with Gasteiger partial charge in [-0.3, -0.25) is 9.59 Å². The van der Waals surface area contributed by atoms with Crippen molar-refractivity contribution in [2.24, 2.45) is 0 Å². The number of ketones is 1. The summed E-state index contributed by atoms with van der Waals surface area (Å²) in [7, 11) is 1.52. The highest BCUT2D eigenvalue weighted by molar-refractivity contribution is 7.10. The summed E-state index contributed by atoms with van der Waals surface area (Å²) in [5.41, 5.74) is 0.262. The Morgan fingerprint density at radius 3 is 2.75 bits per heavy atom. The largest absolute Gasteiger partial charge is 0.507 e. The predicted octanol–water partition coefficient (Wildman–Crippen LogP) is 3.87. The Balaban J connectivity index is 2.15. The van der Waals surface area contributed by atoms with Gasteiger partial charge in [-0.1, -0.05) is 17.7 Å². The van der Waals surface area contributed by atoms with E-state index < -0.39 is 17.7 Å². The molecule has 1 fully saturated rings. The molecular weight excluding hydrogens is 402 g/mol. The molecule has 1 atom stereocenters. The molecule has 0 bridgehead atoms. The van der Waals surface area contributed by atoms with Gasteiger partial charge in [0.05, 0.1) is 29.9 Å². The molecule has 0 aliphatic carbocycles. The Kier molecular flexibility index (Phi) is 6.39. The third-order valence-electron chi connectivity index (χ3n) is 4.39. The number of ether oxygens (including phenoxy) is 2. The first-order chi connectivity index (χ1) is 13.5. The van der Waals surface area contributed by atoms with Gasteiger partial charge in [0.15, 0.2) is 0 Å². The van der Waals surface area contributed by atoms with Crippen LogP contribution in [0.4, 0.5) is 0 Å². The summed E-state index contributed by atoms with van der Waals surface area (Å²) in [5.74, 6) is -1.23. The lowest BCUT2D eigenvalue weighted by Crippen LogP contribution is -2.32. The average molecular weight is 422 g/mol. The molecule has 148 valence electrons. The van der Waals surface area contributed by atoms with Crippen molar-refractivity contribution in [1.29, 1.82) is 0 Å². The predicted molar refractivity (Wildman–Crippen MR) is 108 cm³/mol. The molecule has 1 saturated heterocycles. The Bertz CT molecular complexity index is 909. The Morgan fingerprint density at radius 2 is 2.11 bits per heavy atom. The Labute approximate surface area is 171 Å². The molecular formula is C20H20ClNO5S. The topological polar surface area (TPSA) is 76.1 Å². The molecule has 2 aromatic rings. The number of benzene rings is 1. The second kappa shape index (κ2) is 8.77. The van der Waals surface area contributed by atoms with Gasteiger partial charge in [-0.2, -0.15) is 0 Å². The van der Waals surface area contributed by atoms with Crippen LogP contribution in [0.5, 0.6) is 5.75 Å². The molecule has 1 N–H and O–H groups in total. The standard InChI is InChI=1S/C20H20ClNO5S/c1-3-27-12-6-7-14(21)13(11-12)18(23)16-17(15-5-4-10-28-15)22(8-9-26-2)20(25)19(16)24/h4-7,10-11,17,23H,3,8-9H2,1-2H3/b18-16-. The van der Waals surface area contributed by atoms with E-state index in [2.05, 4.69) is 0 Å². The molecule has 0 radical (unpaired) electrons. The highest BCUT2D eigenvalue weighted by atomic mass is 35.5. The molecule has 8 heteroatoms. The molecule has 2 heterocycles. The number of hydrogen-bond acceptors (Lipinski definition) is 6. The van der Waals surface area contributed by atoms with Crippen molar-refractivity contribution in [3.63, 3.8) is 0 Å². The zero-order valence-corrected chi connectivity index (χ0v) is 17.0. The second-order valence-electron chi connectivity index (χ2n) is 6.08. The molecule has 28 heavy (non-hydrogen) atoms. The molecule has 1 aromatic carbocycles. The van der Waals surface area contributed by atoms with Gasteiger partial charge in [-0.15, -0.1) is 11.3 Å². The van der Waals surface area contributed by atoms with Crippen LogP contribution in [-0.2, 0) is 14.3 Å². The van der Waals surface area contributed by atoms with Gasteiger partial charge in [0.1, 0.15) is 11.5 Å². The van der Waals surface area contributed by atoms with Crippen molar-refractivity contribution in [3.05, 3.63) is 56.7 Å². The summed E-state index contributed by atoms with van der Waals surface area (Å²) in [6.45, 7) is 2.79. The maximum absolute atomic E-state index is 12.8. The van der Waals surface area contributed by atoms with Crippen LogP contribution >= 0.6 is 22.9 Å². The van der Waals surface area contributed by atoms with Crippen molar-refractivity contribution in [3.8, 4) is 5.75 Å². The molecule has 1 aliphatic heterocycles. The zero-order valence-electron chi connectivity index (χ0n) is 15.5. The van der Waals surface area contributed by atoms with Crippen molar-refractivity contribution < 1.29 is 24.2 Å². The number of nitrogens with zero attached hydrogens (tertiary/aromatic N) is 1. The van der Waals surface area contributed by atoms with E-state index in [0.717, 1.165) is 4.88 Å². The number of amides is 1. The zero-order chi connectivity index (χ0) is 20.3. The minimum absolute atomic E-state index is 0.0131. The summed E-state index contributed by atoms with van der Waals surface area (Å²) in [5, 5.41) is 13.1. The lowest BCUT2D eigenvalue weighted by atomic mass is 9.99. The third-order valence-corrected chi connectivity index (χ3v) is 5.65. The van der Waals surface area contributed by atoms with Crippen molar-refractivity contribution in [1.82, 2.24) is 4.90 Å². The first kappa shape index (κ1) is 20.4. The monoisotopic (exact) mass is 421 g/mol. The van der Waals surface area contributed by atoms with Crippen LogP contribution in [0.25, 0.3) is 5.76 Å². The molecule has 0 saturated carbocycles. The van der Waals surface area contributed by atoms with Crippen LogP contribution in [0.1, 0.15) is 23.4 Å². The molecule has 1 aromatic heterocycles. The number of aliphatic hydroxyl groups excluding tert-OH is 1. The van der Waals surface area contributed by atoms with Crippen molar-refractivity contribution in [2.45, 2.75) is 13.0 Å². The summed E-state index contributed by atoms with van der Waals surface area (Å²) in [4.78, 5) is 27.6. The van der Waals surface area contributed by atoms with Gasteiger partial charge in [0, 0.05) is 24.1 Å². The molecule has 0 spiro atoms. The Morgan fingerprint density at radius 1 is 1.32 bits per heavy atom. The number of methoxy groups -OCH3 is 1. The number of carbonyl (C=O) groups is 2.